The Labute approximate surface area is 69.1 Å². The molecule has 0 rings (SSSR count). The number of halogens is 1. The van der Waals surface area contributed by atoms with Gasteiger partial charge in [0.05, 0.1) is 0 Å². The van der Waals surface area contributed by atoms with Gasteiger partial charge in [-0.3, -0.25) is 10.3 Å². The van der Waals surface area contributed by atoms with Crippen molar-refractivity contribution in [1.29, 1.82) is 0 Å². The summed E-state index contributed by atoms with van der Waals surface area (Å²) < 4.78 is 0.798. The molecule has 0 heterocycles. The largest absolute Gasteiger partial charge is 0.394 e. The molecule has 0 amide bonds. The lowest BCUT2D eigenvalue weighted by molar-refractivity contribution is -0.0130. The van der Waals surface area contributed by atoms with Gasteiger partial charge in [0.1, 0.15) is 0 Å². The molecule has 0 aliphatic rings. The van der Waals surface area contributed by atoms with Gasteiger partial charge in [0.2, 0.25) is 0 Å². The molecule has 0 saturated heterocycles. The number of hydrogen-bond donors (Lipinski definition) is 2. The van der Waals surface area contributed by atoms with E-state index in [4.69, 9.17) is 5.21 Å². The highest BCUT2D eigenvalue weighted by Crippen LogP contribution is 2.05. The van der Waals surface area contributed by atoms with Gasteiger partial charge < -0.3 is 5.32 Å². The standard InChI is InChI=1S/C6H11BrN2O/c1-8-4-3-6(7)5-9(2)10/h3-5,8,10H,1-2H3/b4-3+,6-5+. The Morgan fingerprint density at radius 3 is 2.70 bits per heavy atom. The average molecular weight is 207 g/mol. The van der Waals surface area contributed by atoms with Crippen LogP contribution in [0.4, 0.5) is 0 Å². The zero-order valence-electron chi connectivity index (χ0n) is 6.00. The van der Waals surface area contributed by atoms with Gasteiger partial charge in [-0.25, -0.2) is 0 Å². The first-order valence-electron chi connectivity index (χ1n) is 2.79. The van der Waals surface area contributed by atoms with Crippen molar-refractivity contribution < 1.29 is 5.21 Å². The van der Waals surface area contributed by atoms with Crippen molar-refractivity contribution in [2.45, 2.75) is 0 Å². The van der Waals surface area contributed by atoms with E-state index in [2.05, 4.69) is 21.2 Å². The van der Waals surface area contributed by atoms with E-state index in [0.29, 0.717) is 0 Å². The first-order chi connectivity index (χ1) is 4.66. The molecule has 0 aliphatic carbocycles. The van der Waals surface area contributed by atoms with Crippen molar-refractivity contribution in [2.24, 2.45) is 0 Å². The summed E-state index contributed by atoms with van der Waals surface area (Å²) in [5.74, 6) is 0. The topological polar surface area (TPSA) is 35.5 Å². The summed E-state index contributed by atoms with van der Waals surface area (Å²) in [6, 6.07) is 0. The lowest BCUT2D eigenvalue weighted by Gasteiger charge is -2.01. The van der Waals surface area contributed by atoms with Crippen LogP contribution in [0.2, 0.25) is 0 Å². The summed E-state index contributed by atoms with van der Waals surface area (Å²) >= 11 is 3.21. The van der Waals surface area contributed by atoms with Crippen molar-refractivity contribution >= 4 is 15.9 Å². The van der Waals surface area contributed by atoms with Crippen LogP contribution in [0, 0.1) is 0 Å². The zero-order chi connectivity index (χ0) is 7.98. The highest BCUT2D eigenvalue weighted by atomic mass is 79.9. The molecular weight excluding hydrogens is 196 g/mol. The van der Waals surface area contributed by atoms with E-state index in [1.165, 1.54) is 13.2 Å². The third-order valence-corrected chi connectivity index (χ3v) is 1.19. The highest BCUT2D eigenvalue weighted by molar-refractivity contribution is 9.11. The molecule has 0 aromatic carbocycles. The smallest absolute Gasteiger partial charge is 0.0412 e. The predicted molar refractivity (Wildman–Crippen MR) is 44.8 cm³/mol. The van der Waals surface area contributed by atoms with E-state index in [-0.39, 0.29) is 0 Å². The number of allylic oxidation sites excluding steroid dienone is 2. The molecule has 0 fully saturated rings. The van der Waals surface area contributed by atoms with Crippen LogP contribution in [0.15, 0.2) is 23.0 Å². The third-order valence-electron chi connectivity index (χ3n) is 0.719. The van der Waals surface area contributed by atoms with Crippen molar-refractivity contribution in [3.05, 3.63) is 23.0 Å². The van der Waals surface area contributed by atoms with Gasteiger partial charge in [-0.05, 0) is 28.2 Å². The molecule has 2 N–H and O–H groups in total. The molecule has 10 heavy (non-hydrogen) atoms. The molecule has 3 nitrogen and oxygen atoms in total. The molecule has 0 aliphatic heterocycles. The molecule has 0 atom stereocenters. The second-order valence-electron chi connectivity index (χ2n) is 1.71. The average Bonchev–Trinajstić information content (AvgIpc) is 1.82. The van der Waals surface area contributed by atoms with Gasteiger partial charge in [-0.2, -0.15) is 0 Å². The van der Waals surface area contributed by atoms with Crippen LogP contribution in [0.5, 0.6) is 0 Å². The van der Waals surface area contributed by atoms with Gasteiger partial charge in [0.25, 0.3) is 0 Å². The maximum absolute atomic E-state index is 8.69. The lowest BCUT2D eigenvalue weighted by atomic mass is 10.5. The number of hydroxylamine groups is 2. The van der Waals surface area contributed by atoms with Crippen LogP contribution in [-0.2, 0) is 0 Å². The first-order valence-corrected chi connectivity index (χ1v) is 3.59. The summed E-state index contributed by atoms with van der Waals surface area (Å²) in [5.41, 5.74) is 0. The molecule has 0 spiro atoms. The van der Waals surface area contributed by atoms with E-state index >= 15 is 0 Å². The Hall–Kier alpha value is -0.480. The second-order valence-corrected chi connectivity index (χ2v) is 2.63. The van der Waals surface area contributed by atoms with Crippen LogP contribution in [-0.4, -0.2) is 24.4 Å². The maximum Gasteiger partial charge on any atom is 0.0412 e. The monoisotopic (exact) mass is 206 g/mol. The van der Waals surface area contributed by atoms with E-state index in [0.717, 1.165) is 9.55 Å². The van der Waals surface area contributed by atoms with E-state index in [1.54, 1.807) is 19.3 Å². The summed E-state index contributed by atoms with van der Waals surface area (Å²) in [6.45, 7) is 0. The summed E-state index contributed by atoms with van der Waals surface area (Å²) in [4.78, 5) is 0. The van der Waals surface area contributed by atoms with Crippen LogP contribution >= 0.6 is 15.9 Å². The normalized spacial score (nSPS) is 12.2. The third kappa shape index (κ3) is 5.65. The second kappa shape index (κ2) is 5.32. The molecular formula is C6H11BrN2O. The minimum Gasteiger partial charge on any atom is -0.394 e. The molecule has 0 radical (unpaired) electrons. The number of rotatable bonds is 3. The molecule has 0 saturated carbocycles. The number of hydrogen-bond acceptors (Lipinski definition) is 3. The first kappa shape index (κ1) is 9.52. The fraction of sp³-hybridized carbons (Fsp3) is 0.333. The summed E-state index contributed by atoms with van der Waals surface area (Å²) in [5, 5.41) is 12.5. The molecule has 0 bridgehead atoms. The molecule has 0 aromatic rings. The van der Waals surface area contributed by atoms with E-state index < -0.39 is 0 Å². The SMILES string of the molecule is CN/C=C/C(Br)=C\N(C)O. The molecule has 0 aromatic heterocycles. The Kier molecular flexibility index (Phi) is 5.06. The Balaban J connectivity index is 3.82. The Morgan fingerprint density at radius 1 is 1.70 bits per heavy atom. The number of nitrogens with one attached hydrogen (secondary N) is 1. The summed E-state index contributed by atoms with van der Waals surface area (Å²) in [7, 11) is 3.34. The Morgan fingerprint density at radius 2 is 2.30 bits per heavy atom. The fourth-order valence-corrected chi connectivity index (χ4v) is 0.813. The molecule has 58 valence electrons. The fourth-order valence-electron chi connectivity index (χ4n) is 0.384. The van der Waals surface area contributed by atoms with Gasteiger partial charge in [-0.15, -0.1) is 0 Å². The highest BCUT2D eigenvalue weighted by Gasteiger charge is 1.84. The van der Waals surface area contributed by atoms with Crippen LogP contribution in [0.25, 0.3) is 0 Å². The zero-order valence-corrected chi connectivity index (χ0v) is 7.59. The van der Waals surface area contributed by atoms with Crippen LogP contribution in [0.3, 0.4) is 0 Å². The summed E-state index contributed by atoms with van der Waals surface area (Å²) in [6.07, 6.45) is 5.07. The lowest BCUT2D eigenvalue weighted by Crippen LogP contribution is -2.02. The minimum atomic E-state index is 0.798. The van der Waals surface area contributed by atoms with Crippen LogP contribution in [0.1, 0.15) is 0 Å². The molecule has 0 unspecified atom stereocenters. The minimum absolute atomic E-state index is 0.798. The maximum atomic E-state index is 8.69. The van der Waals surface area contributed by atoms with Crippen molar-refractivity contribution in [2.75, 3.05) is 14.1 Å². The number of nitrogens with zero attached hydrogens (tertiary/aromatic N) is 1. The quantitative estimate of drug-likeness (QED) is 0.540. The van der Waals surface area contributed by atoms with E-state index in [1.807, 2.05) is 0 Å². The van der Waals surface area contributed by atoms with E-state index in [9.17, 15) is 0 Å². The Bertz CT molecular complexity index is 143. The van der Waals surface area contributed by atoms with Gasteiger partial charge in [-0.1, -0.05) is 0 Å². The van der Waals surface area contributed by atoms with Gasteiger partial charge >= 0.3 is 0 Å². The van der Waals surface area contributed by atoms with Crippen LogP contribution < -0.4 is 5.32 Å². The van der Waals surface area contributed by atoms with Gasteiger partial charge in [0.15, 0.2) is 0 Å². The van der Waals surface area contributed by atoms with Crippen molar-refractivity contribution in [3.8, 4) is 0 Å². The van der Waals surface area contributed by atoms with Gasteiger partial charge in [0, 0.05) is 24.8 Å². The predicted octanol–water partition coefficient (Wildman–Crippen LogP) is 1.28. The van der Waals surface area contributed by atoms with Crippen molar-refractivity contribution in [3.63, 3.8) is 0 Å². The molecule has 4 heteroatoms. The van der Waals surface area contributed by atoms with Crippen molar-refractivity contribution in [1.82, 2.24) is 10.4 Å².